The van der Waals surface area contributed by atoms with Gasteiger partial charge in [-0.2, -0.15) is 0 Å². The summed E-state index contributed by atoms with van der Waals surface area (Å²) in [6.45, 7) is 2.37. The van der Waals surface area contributed by atoms with Gasteiger partial charge in [-0.3, -0.25) is 9.59 Å². The molecule has 0 unspecified atom stereocenters. The zero-order chi connectivity index (χ0) is 28.5. The number of aromatic nitrogens is 2. The monoisotopic (exact) mass is 563 g/mol. The Labute approximate surface area is 240 Å². The second-order valence-corrected chi connectivity index (χ2v) is 11.9. The number of nitrogens with one attached hydrogen (secondary N) is 1. The summed E-state index contributed by atoms with van der Waals surface area (Å²) >= 11 is 0. The minimum atomic E-state index is -1.21. The maximum atomic E-state index is 13.7. The molecule has 1 saturated heterocycles. The highest BCUT2D eigenvalue weighted by Gasteiger charge is 2.54. The van der Waals surface area contributed by atoms with Gasteiger partial charge in [0.05, 0.1) is 33.7 Å². The Morgan fingerprint density at radius 2 is 1.62 bits per heavy atom. The molecule has 6 aromatic rings. The minimum absolute atomic E-state index is 0.0721. The van der Waals surface area contributed by atoms with Gasteiger partial charge in [0.15, 0.2) is 5.72 Å². The number of nitrogens with zero attached hydrogens (tertiary/aromatic N) is 3. The maximum Gasteiger partial charge on any atom is 0.253 e. The van der Waals surface area contributed by atoms with Gasteiger partial charge in [-0.1, -0.05) is 54.6 Å². The molecule has 4 aromatic carbocycles. The van der Waals surface area contributed by atoms with E-state index in [9.17, 15) is 14.7 Å². The molecular formula is C34H28N4O4. The third-order valence-electron chi connectivity index (χ3n) is 9.82. The third kappa shape index (κ3) is 2.74. The van der Waals surface area contributed by atoms with Crippen molar-refractivity contribution in [1.82, 2.24) is 19.4 Å². The van der Waals surface area contributed by atoms with E-state index in [2.05, 4.69) is 38.7 Å². The molecule has 8 heteroatoms. The van der Waals surface area contributed by atoms with Gasteiger partial charge in [0.25, 0.3) is 11.8 Å². The van der Waals surface area contributed by atoms with Gasteiger partial charge in [0.1, 0.15) is 12.3 Å². The molecule has 208 valence electrons. The molecule has 0 spiro atoms. The van der Waals surface area contributed by atoms with Gasteiger partial charge >= 0.3 is 0 Å². The van der Waals surface area contributed by atoms with E-state index in [0.717, 1.165) is 49.2 Å². The number of amides is 2. The average molecular weight is 564 g/mol. The van der Waals surface area contributed by atoms with Crippen LogP contribution < -0.4 is 5.32 Å². The fourth-order valence-electron chi connectivity index (χ4n) is 7.97. The molecular weight excluding hydrogens is 535 g/mol. The third-order valence-corrected chi connectivity index (χ3v) is 9.82. The standard InChI is InChI=1S/C34H28N4O4/c1-34-31(39)24(36(2)33(41)18-10-4-3-5-11-18)16-25(42-34)37-22-14-8-6-12-19(22)27-28-21(17-35-32(28)40)26-20-13-7-9-15-23(20)38(34)30(26)29(27)37/h3-15,24-25,31,39H,16-17H2,1-2H3,(H,35,40)/t24-,25+,31-,34+/m1/s1/i3+1,4+1,5+1,10+1,11+1,18+1,33+1. The first kappa shape index (κ1) is 24.0. The van der Waals surface area contributed by atoms with Crippen LogP contribution in [-0.4, -0.2) is 50.1 Å². The van der Waals surface area contributed by atoms with E-state index < -0.39 is 24.1 Å². The first-order chi connectivity index (χ1) is 20.4. The summed E-state index contributed by atoms with van der Waals surface area (Å²) in [5, 5.41) is 19.3. The summed E-state index contributed by atoms with van der Waals surface area (Å²) in [5.41, 5.74) is 4.79. The number of benzene rings is 4. The predicted molar refractivity (Wildman–Crippen MR) is 160 cm³/mol. The molecule has 5 heterocycles. The molecule has 42 heavy (non-hydrogen) atoms. The normalized spacial score (nSPS) is 24.5. The van der Waals surface area contributed by atoms with Gasteiger partial charge in [0.2, 0.25) is 0 Å². The van der Waals surface area contributed by atoms with Crippen LogP contribution in [0.5, 0.6) is 0 Å². The van der Waals surface area contributed by atoms with Gasteiger partial charge in [-0.15, -0.1) is 0 Å². The number of aliphatic hydroxyl groups is 1. The summed E-state index contributed by atoms with van der Waals surface area (Å²) in [4.78, 5) is 28.9. The van der Waals surface area contributed by atoms with Crippen LogP contribution >= 0.6 is 0 Å². The molecule has 1 fully saturated rings. The molecule has 2 N–H and O–H groups in total. The molecule has 2 amide bonds. The lowest BCUT2D eigenvalue weighted by atomic mass is 9.92. The summed E-state index contributed by atoms with van der Waals surface area (Å²) in [7, 11) is 1.77. The molecule has 3 aliphatic heterocycles. The summed E-state index contributed by atoms with van der Waals surface area (Å²) < 4.78 is 11.3. The largest absolute Gasteiger partial charge is 0.386 e. The van der Waals surface area contributed by atoms with E-state index >= 15 is 0 Å². The van der Waals surface area contributed by atoms with Crippen molar-refractivity contribution in [1.29, 1.82) is 0 Å². The zero-order valence-corrected chi connectivity index (χ0v) is 23.2. The Bertz CT molecular complexity index is 2160. The molecule has 2 bridgehead atoms. The van der Waals surface area contributed by atoms with Crippen molar-refractivity contribution in [2.45, 2.75) is 44.0 Å². The highest BCUT2D eigenvalue weighted by atomic mass is 16.6. The highest BCUT2D eigenvalue weighted by Crippen LogP contribution is 2.53. The number of fused-ring (bicyclic) bond motifs is 13. The Hall–Kier alpha value is -4.66. The van der Waals surface area contributed by atoms with Crippen LogP contribution in [0.2, 0.25) is 0 Å². The SMILES string of the molecule is CN([C@@H]1C[C@@H]2O[C@@](C)([C@@H]1O)n1c3ccccc3c3c4c(c5c6ccccc6n2c5c31)C(=O)NC4)[13C](=O)[13c]1[13cH][13cH][13cH][13cH][13cH]1. The van der Waals surface area contributed by atoms with E-state index in [-0.39, 0.29) is 11.8 Å². The number of likely N-dealkylation sites (N-methyl/N-ethyl adjacent to an activating group) is 1. The number of aliphatic hydroxyl groups excluding tert-OH is 1. The predicted octanol–water partition coefficient (Wildman–Crippen LogP) is 5.25. The summed E-state index contributed by atoms with van der Waals surface area (Å²) in [6, 6.07) is 24.9. The molecule has 2 aromatic heterocycles. The number of carbonyl (C=O) groups excluding carboxylic acids is 2. The Balaban J connectivity index is 1.42. The number of rotatable bonds is 2. The van der Waals surface area contributed by atoms with Crippen molar-refractivity contribution < 1.29 is 19.4 Å². The molecule has 0 saturated carbocycles. The van der Waals surface area contributed by atoms with Crippen LogP contribution in [0.25, 0.3) is 43.6 Å². The zero-order valence-electron chi connectivity index (χ0n) is 23.2. The Morgan fingerprint density at radius 3 is 2.38 bits per heavy atom. The second kappa shape index (κ2) is 8.00. The van der Waals surface area contributed by atoms with Crippen LogP contribution in [0.3, 0.4) is 0 Å². The van der Waals surface area contributed by atoms with Gasteiger partial charge in [-0.05, 0) is 36.8 Å². The maximum absolute atomic E-state index is 13.7. The number of ether oxygens (including phenoxy) is 1. The molecule has 4 atom stereocenters. The molecule has 0 aliphatic carbocycles. The van der Waals surface area contributed by atoms with E-state index in [1.807, 2.05) is 49.4 Å². The number of para-hydroxylation sites is 2. The van der Waals surface area contributed by atoms with Crippen molar-refractivity contribution in [3.63, 3.8) is 0 Å². The first-order valence-electron chi connectivity index (χ1n) is 14.4. The summed E-state index contributed by atoms with van der Waals surface area (Å²) in [6.07, 6.45) is -1.15. The minimum Gasteiger partial charge on any atom is -0.386 e. The Morgan fingerprint density at radius 1 is 0.952 bits per heavy atom. The van der Waals surface area contributed by atoms with Crippen molar-refractivity contribution in [2.24, 2.45) is 0 Å². The molecule has 9 rings (SSSR count). The van der Waals surface area contributed by atoms with Crippen molar-refractivity contribution in [3.8, 4) is 0 Å². The first-order valence-corrected chi connectivity index (χ1v) is 14.4. The quantitative estimate of drug-likeness (QED) is 0.282. The molecule has 8 nitrogen and oxygen atoms in total. The highest BCUT2D eigenvalue weighted by molar-refractivity contribution is 6.31. The second-order valence-electron chi connectivity index (χ2n) is 11.9. The fraction of sp³-hybridized carbons (Fsp3) is 0.235. The lowest BCUT2D eigenvalue weighted by Crippen LogP contribution is -2.60. The van der Waals surface area contributed by atoms with Crippen molar-refractivity contribution in [2.75, 3.05) is 7.05 Å². The lowest BCUT2D eigenvalue weighted by Gasteiger charge is -2.49. The molecule has 0 radical (unpaired) electrons. The molecule has 3 aliphatic rings. The van der Waals surface area contributed by atoms with Crippen LogP contribution in [0, 0.1) is 0 Å². The van der Waals surface area contributed by atoms with Crippen LogP contribution in [0.1, 0.15) is 45.9 Å². The smallest absolute Gasteiger partial charge is 0.253 e. The lowest BCUT2D eigenvalue weighted by molar-refractivity contribution is -0.257. The number of hydrogen-bond donors (Lipinski definition) is 2. The number of hydrogen-bond acceptors (Lipinski definition) is 4. The van der Waals surface area contributed by atoms with Crippen LogP contribution in [-0.2, 0) is 17.0 Å². The van der Waals surface area contributed by atoms with Gasteiger partial charge in [-0.25, -0.2) is 0 Å². The fourth-order valence-corrected chi connectivity index (χ4v) is 7.97. The van der Waals surface area contributed by atoms with Crippen molar-refractivity contribution in [3.05, 3.63) is 95.6 Å². The van der Waals surface area contributed by atoms with E-state index in [0.29, 0.717) is 24.1 Å². The van der Waals surface area contributed by atoms with Gasteiger partial charge in [0, 0.05) is 47.1 Å². The van der Waals surface area contributed by atoms with Crippen LogP contribution in [0.15, 0.2) is 78.9 Å². The van der Waals surface area contributed by atoms with E-state index in [1.54, 1.807) is 24.1 Å². The average Bonchev–Trinajstić information content (AvgIpc) is 3.66. The van der Waals surface area contributed by atoms with Gasteiger partial charge < -0.3 is 29.2 Å². The Kier molecular flexibility index (Phi) is 4.57. The topological polar surface area (TPSA) is 88.7 Å². The number of carbonyl (C=O) groups is 2. The van der Waals surface area contributed by atoms with Crippen LogP contribution in [0.4, 0.5) is 0 Å². The summed E-state index contributed by atoms with van der Waals surface area (Å²) in [5.74, 6) is -0.225. The van der Waals surface area contributed by atoms with E-state index in [1.165, 1.54) is 0 Å². The van der Waals surface area contributed by atoms with E-state index in [4.69, 9.17) is 4.74 Å². The van der Waals surface area contributed by atoms with Crippen molar-refractivity contribution >= 4 is 55.4 Å².